The normalized spacial score (nSPS) is 13.7. The summed E-state index contributed by atoms with van der Waals surface area (Å²) in [7, 11) is -3.47. The first-order valence-corrected chi connectivity index (χ1v) is 9.89. The van der Waals surface area contributed by atoms with E-state index in [1.807, 2.05) is 0 Å². The molecule has 0 saturated heterocycles. The highest BCUT2D eigenvalue weighted by Crippen LogP contribution is 2.24. The highest BCUT2D eigenvalue weighted by Gasteiger charge is 2.27. The highest BCUT2D eigenvalue weighted by molar-refractivity contribution is 7.90. The van der Waals surface area contributed by atoms with Crippen molar-refractivity contribution in [3.05, 3.63) is 65.2 Å². The SMILES string of the molecule is Cc1ccc(C(=O)NC(c2ccccc2)C(C)C(=O)O)cc1S(C)(=O)=O. The molecule has 2 aromatic carbocycles. The monoisotopic (exact) mass is 375 g/mol. The summed E-state index contributed by atoms with van der Waals surface area (Å²) < 4.78 is 23.7. The molecule has 0 spiro atoms. The van der Waals surface area contributed by atoms with E-state index in [9.17, 15) is 23.1 Å². The van der Waals surface area contributed by atoms with Crippen LogP contribution in [-0.2, 0) is 14.6 Å². The lowest BCUT2D eigenvalue weighted by Crippen LogP contribution is -2.35. The number of carboxylic acid groups (broad SMARTS) is 1. The van der Waals surface area contributed by atoms with Crippen LogP contribution in [0.2, 0.25) is 0 Å². The number of hydrogen-bond acceptors (Lipinski definition) is 4. The molecule has 0 heterocycles. The van der Waals surface area contributed by atoms with Gasteiger partial charge in [-0.1, -0.05) is 36.4 Å². The third-order valence-corrected chi connectivity index (χ3v) is 5.42. The molecule has 7 heteroatoms. The molecule has 2 N–H and O–H groups in total. The van der Waals surface area contributed by atoms with Gasteiger partial charge in [-0.25, -0.2) is 8.42 Å². The first-order valence-electron chi connectivity index (χ1n) is 8.00. The predicted octanol–water partition coefficient (Wildman–Crippen LogP) is 2.59. The lowest BCUT2D eigenvalue weighted by molar-refractivity contribution is -0.142. The summed E-state index contributed by atoms with van der Waals surface area (Å²) >= 11 is 0. The Morgan fingerprint density at radius 2 is 1.69 bits per heavy atom. The van der Waals surface area contributed by atoms with E-state index < -0.39 is 33.7 Å². The van der Waals surface area contributed by atoms with Crippen molar-refractivity contribution in [1.82, 2.24) is 5.32 Å². The zero-order valence-corrected chi connectivity index (χ0v) is 15.6. The Morgan fingerprint density at radius 3 is 2.23 bits per heavy atom. The molecule has 0 radical (unpaired) electrons. The second-order valence-electron chi connectivity index (χ2n) is 6.24. The van der Waals surface area contributed by atoms with Crippen LogP contribution in [0, 0.1) is 12.8 Å². The molecule has 6 nitrogen and oxygen atoms in total. The number of hydrogen-bond donors (Lipinski definition) is 2. The fraction of sp³-hybridized carbons (Fsp3) is 0.263. The van der Waals surface area contributed by atoms with Crippen molar-refractivity contribution in [2.45, 2.75) is 24.8 Å². The standard InChI is InChI=1S/C19H21NO5S/c1-12-9-10-15(11-16(12)26(3,24)25)18(21)20-17(13(2)19(22)23)14-7-5-4-6-8-14/h4-11,13,17H,1-3H3,(H,20,21)(H,22,23). The Kier molecular flexibility index (Phi) is 5.82. The molecule has 2 aromatic rings. The average Bonchev–Trinajstić information content (AvgIpc) is 2.58. The van der Waals surface area contributed by atoms with Crippen LogP contribution >= 0.6 is 0 Å². The van der Waals surface area contributed by atoms with E-state index in [0.717, 1.165) is 6.26 Å². The molecule has 0 aliphatic heterocycles. The molecule has 1 amide bonds. The number of carbonyl (C=O) groups is 2. The van der Waals surface area contributed by atoms with Crippen LogP contribution in [0.25, 0.3) is 0 Å². The molecule has 0 saturated carbocycles. The van der Waals surface area contributed by atoms with Crippen LogP contribution in [0.1, 0.15) is 34.5 Å². The van der Waals surface area contributed by atoms with Crippen LogP contribution < -0.4 is 5.32 Å². The number of nitrogens with one attached hydrogen (secondary N) is 1. The molecule has 2 rings (SSSR count). The lowest BCUT2D eigenvalue weighted by atomic mass is 9.94. The van der Waals surface area contributed by atoms with Gasteiger partial charge in [0.25, 0.3) is 5.91 Å². The lowest BCUT2D eigenvalue weighted by Gasteiger charge is -2.23. The summed E-state index contributed by atoms with van der Waals surface area (Å²) in [5.74, 6) is -2.43. The zero-order valence-electron chi connectivity index (χ0n) is 14.8. The van der Waals surface area contributed by atoms with Gasteiger partial charge >= 0.3 is 5.97 Å². The van der Waals surface area contributed by atoms with Gasteiger partial charge in [0.1, 0.15) is 0 Å². The number of carbonyl (C=O) groups excluding carboxylic acids is 1. The van der Waals surface area contributed by atoms with Crippen molar-refractivity contribution in [1.29, 1.82) is 0 Å². The molecule has 0 aliphatic carbocycles. The largest absolute Gasteiger partial charge is 0.481 e. The number of sulfone groups is 1. The third kappa shape index (κ3) is 4.49. The molecule has 0 aromatic heterocycles. The molecule has 2 atom stereocenters. The quantitative estimate of drug-likeness (QED) is 0.808. The van der Waals surface area contributed by atoms with Crippen LogP contribution in [0.15, 0.2) is 53.4 Å². The van der Waals surface area contributed by atoms with Gasteiger partial charge in [-0.05, 0) is 37.1 Å². The first kappa shape index (κ1) is 19.7. The summed E-state index contributed by atoms with van der Waals surface area (Å²) in [4.78, 5) is 24.2. The maximum absolute atomic E-state index is 12.6. The van der Waals surface area contributed by atoms with E-state index >= 15 is 0 Å². The minimum absolute atomic E-state index is 0.0766. The maximum atomic E-state index is 12.6. The molecular weight excluding hydrogens is 354 g/mol. The zero-order chi connectivity index (χ0) is 19.5. The Balaban J connectivity index is 2.38. The number of benzene rings is 2. The second kappa shape index (κ2) is 7.70. The van der Waals surface area contributed by atoms with Crippen molar-refractivity contribution >= 4 is 21.7 Å². The number of aliphatic carboxylic acids is 1. The molecule has 2 unspecified atom stereocenters. The van der Waals surface area contributed by atoms with Gasteiger partial charge in [0, 0.05) is 11.8 Å². The minimum atomic E-state index is -3.47. The van der Waals surface area contributed by atoms with Gasteiger partial charge in [-0.3, -0.25) is 9.59 Å². The van der Waals surface area contributed by atoms with Crippen LogP contribution in [0.4, 0.5) is 0 Å². The van der Waals surface area contributed by atoms with Crippen molar-refractivity contribution < 1.29 is 23.1 Å². The number of rotatable bonds is 6. The smallest absolute Gasteiger partial charge is 0.308 e. The van der Waals surface area contributed by atoms with E-state index in [1.54, 1.807) is 43.3 Å². The summed E-state index contributed by atoms with van der Waals surface area (Å²) in [6, 6.07) is 12.4. The maximum Gasteiger partial charge on any atom is 0.308 e. The molecule has 26 heavy (non-hydrogen) atoms. The molecule has 138 valence electrons. The van der Waals surface area contributed by atoms with Crippen LogP contribution in [0.3, 0.4) is 0 Å². The van der Waals surface area contributed by atoms with E-state index in [2.05, 4.69) is 5.32 Å². The fourth-order valence-electron chi connectivity index (χ4n) is 2.67. The summed E-state index contributed by atoms with van der Waals surface area (Å²) in [5, 5.41) is 12.1. The Bertz CT molecular complexity index is 922. The summed E-state index contributed by atoms with van der Waals surface area (Å²) in [6.45, 7) is 3.16. The molecule has 0 bridgehead atoms. The van der Waals surface area contributed by atoms with Crippen molar-refractivity contribution in [3.63, 3.8) is 0 Å². The second-order valence-corrected chi connectivity index (χ2v) is 8.23. The number of aryl methyl sites for hydroxylation is 1. The van der Waals surface area contributed by atoms with Crippen LogP contribution in [0.5, 0.6) is 0 Å². The highest BCUT2D eigenvalue weighted by atomic mass is 32.2. The topological polar surface area (TPSA) is 101 Å². The van der Waals surface area contributed by atoms with Gasteiger partial charge in [0.2, 0.25) is 0 Å². The van der Waals surface area contributed by atoms with E-state index in [0.29, 0.717) is 11.1 Å². The average molecular weight is 375 g/mol. The van der Waals surface area contributed by atoms with Crippen molar-refractivity contribution in [3.8, 4) is 0 Å². The number of amides is 1. The Hall–Kier alpha value is -2.67. The van der Waals surface area contributed by atoms with Crippen LogP contribution in [-0.4, -0.2) is 31.7 Å². The van der Waals surface area contributed by atoms with E-state index in [1.165, 1.54) is 19.1 Å². The molecule has 0 aliphatic rings. The van der Waals surface area contributed by atoms with E-state index in [-0.39, 0.29) is 10.5 Å². The Morgan fingerprint density at radius 1 is 1.08 bits per heavy atom. The van der Waals surface area contributed by atoms with Gasteiger partial charge in [-0.2, -0.15) is 0 Å². The Labute approximate surface area is 152 Å². The number of carboxylic acids is 1. The predicted molar refractivity (Wildman–Crippen MR) is 97.7 cm³/mol. The molecular formula is C19H21NO5S. The van der Waals surface area contributed by atoms with Crippen molar-refractivity contribution in [2.75, 3.05) is 6.26 Å². The first-order chi connectivity index (χ1) is 12.1. The van der Waals surface area contributed by atoms with Gasteiger partial charge < -0.3 is 10.4 Å². The third-order valence-electron chi connectivity index (χ3n) is 4.18. The summed E-state index contributed by atoms with van der Waals surface area (Å²) in [5.41, 5.74) is 1.36. The minimum Gasteiger partial charge on any atom is -0.481 e. The fourth-order valence-corrected chi connectivity index (χ4v) is 3.66. The van der Waals surface area contributed by atoms with Gasteiger partial charge in [0.15, 0.2) is 9.84 Å². The van der Waals surface area contributed by atoms with Gasteiger partial charge in [-0.15, -0.1) is 0 Å². The molecule has 0 fully saturated rings. The van der Waals surface area contributed by atoms with Crippen molar-refractivity contribution in [2.24, 2.45) is 5.92 Å². The van der Waals surface area contributed by atoms with Gasteiger partial charge in [0.05, 0.1) is 16.9 Å². The summed E-state index contributed by atoms with van der Waals surface area (Å²) in [6.07, 6.45) is 1.08. The van der Waals surface area contributed by atoms with E-state index in [4.69, 9.17) is 0 Å².